The van der Waals surface area contributed by atoms with E-state index in [4.69, 9.17) is 0 Å². The SMILES string of the molecule is Cc1ccc(CC(C)C)c2c1OC(F)(F)O2. The van der Waals surface area contributed by atoms with Crippen molar-refractivity contribution >= 4 is 0 Å². The number of rotatable bonds is 2. The summed E-state index contributed by atoms with van der Waals surface area (Å²) >= 11 is 0. The van der Waals surface area contributed by atoms with Crippen LogP contribution in [0.4, 0.5) is 8.78 Å². The molecule has 0 saturated carbocycles. The zero-order chi connectivity index (χ0) is 11.9. The van der Waals surface area contributed by atoms with Crippen LogP contribution in [0.3, 0.4) is 0 Å². The number of alkyl halides is 2. The Kier molecular flexibility index (Phi) is 2.52. The minimum Gasteiger partial charge on any atom is -0.395 e. The molecule has 1 aliphatic rings. The van der Waals surface area contributed by atoms with Gasteiger partial charge in [0.15, 0.2) is 11.5 Å². The van der Waals surface area contributed by atoms with E-state index in [2.05, 4.69) is 9.47 Å². The lowest BCUT2D eigenvalue weighted by molar-refractivity contribution is -0.287. The standard InChI is InChI=1S/C12H14F2O2/c1-7(2)6-9-5-4-8(3)10-11(9)16-12(13,14)15-10/h4-5,7H,6H2,1-3H3. The first-order valence-corrected chi connectivity index (χ1v) is 5.27. The third-order valence-corrected chi connectivity index (χ3v) is 2.46. The van der Waals surface area contributed by atoms with Crippen molar-refractivity contribution in [3.05, 3.63) is 23.3 Å². The number of fused-ring (bicyclic) bond motifs is 1. The highest BCUT2D eigenvalue weighted by molar-refractivity contribution is 5.53. The minimum atomic E-state index is -3.53. The van der Waals surface area contributed by atoms with E-state index in [0.29, 0.717) is 17.9 Å². The largest absolute Gasteiger partial charge is 0.586 e. The second-order valence-electron chi connectivity index (χ2n) is 4.47. The van der Waals surface area contributed by atoms with Gasteiger partial charge < -0.3 is 9.47 Å². The molecule has 88 valence electrons. The Morgan fingerprint density at radius 2 is 1.81 bits per heavy atom. The third kappa shape index (κ3) is 1.96. The fourth-order valence-electron chi connectivity index (χ4n) is 1.80. The fraction of sp³-hybridized carbons (Fsp3) is 0.500. The quantitative estimate of drug-likeness (QED) is 0.771. The average Bonchev–Trinajstić information content (AvgIpc) is 2.47. The summed E-state index contributed by atoms with van der Waals surface area (Å²) in [5, 5.41) is 0. The maximum Gasteiger partial charge on any atom is 0.586 e. The molecule has 2 rings (SSSR count). The van der Waals surface area contributed by atoms with Gasteiger partial charge in [0.2, 0.25) is 0 Å². The van der Waals surface area contributed by atoms with Gasteiger partial charge >= 0.3 is 6.29 Å². The molecule has 0 unspecified atom stereocenters. The van der Waals surface area contributed by atoms with Crippen molar-refractivity contribution in [2.45, 2.75) is 33.5 Å². The second kappa shape index (κ2) is 3.61. The van der Waals surface area contributed by atoms with Crippen LogP contribution in [0, 0.1) is 12.8 Å². The molecule has 1 heterocycles. The molecule has 1 aromatic rings. The Balaban J connectivity index is 2.42. The van der Waals surface area contributed by atoms with E-state index in [-0.39, 0.29) is 11.5 Å². The van der Waals surface area contributed by atoms with Gasteiger partial charge in [-0.2, -0.15) is 0 Å². The van der Waals surface area contributed by atoms with E-state index in [1.165, 1.54) is 0 Å². The Hall–Kier alpha value is -1.32. The maximum absolute atomic E-state index is 13.0. The van der Waals surface area contributed by atoms with Crippen LogP contribution in [0.15, 0.2) is 12.1 Å². The highest BCUT2D eigenvalue weighted by Gasteiger charge is 2.45. The van der Waals surface area contributed by atoms with E-state index < -0.39 is 6.29 Å². The molecule has 0 aliphatic carbocycles. The lowest BCUT2D eigenvalue weighted by Crippen LogP contribution is -2.26. The Labute approximate surface area is 93.2 Å². The zero-order valence-corrected chi connectivity index (χ0v) is 9.51. The number of halogens is 2. The van der Waals surface area contributed by atoms with Crippen LogP contribution >= 0.6 is 0 Å². The minimum absolute atomic E-state index is 0.170. The van der Waals surface area contributed by atoms with Gasteiger partial charge in [-0.15, -0.1) is 8.78 Å². The van der Waals surface area contributed by atoms with Crippen LogP contribution in [-0.2, 0) is 6.42 Å². The summed E-state index contributed by atoms with van der Waals surface area (Å²) < 4.78 is 35.0. The van der Waals surface area contributed by atoms with Gasteiger partial charge in [0, 0.05) is 0 Å². The van der Waals surface area contributed by atoms with Crippen molar-refractivity contribution in [2.24, 2.45) is 5.92 Å². The molecule has 2 nitrogen and oxygen atoms in total. The summed E-state index contributed by atoms with van der Waals surface area (Å²) in [4.78, 5) is 0. The van der Waals surface area contributed by atoms with Gasteiger partial charge in [0.1, 0.15) is 0 Å². The predicted molar refractivity (Wildman–Crippen MR) is 55.9 cm³/mol. The maximum atomic E-state index is 13.0. The fourth-order valence-corrected chi connectivity index (χ4v) is 1.80. The van der Waals surface area contributed by atoms with Gasteiger partial charge in [-0.05, 0) is 30.4 Å². The van der Waals surface area contributed by atoms with E-state index >= 15 is 0 Å². The van der Waals surface area contributed by atoms with Crippen LogP contribution in [-0.4, -0.2) is 6.29 Å². The summed E-state index contributed by atoms with van der Waals surface area (Å²) in [5.74, 6) is 0.742. The van der Waals surface area contributed by atoms with Gasteiger partial charge in [0.25, 0.3) is 0 Å². The second-order valence-corrected chi connectivity index (χ2v) is 4.47. The Bertz CT molecular complexity index is 414. The molecule has 0 saturated heterocycles. The summed E-state index contributed by atoms with van der Waals surface area (Å²) in [6, 6.07) is 3.60. The smallest absolute Gasteiger partial charge is 0.395 e. The van der Waals surface area contributed by atoms with Crippen molar-refractivity contribution < 1.29 is 18.3 Å². The number of hydrogen-bond donors (Lipinski definition) is 0. The molecule has 0 amide bonds. The normalized spacial score (nSPS) is 16.9. The monoisotopic (exact) mass is 228 g/mol. The van der Waals surface area contributed by atoms with E-state index in [1.807, 2.05) is 19.9 Å². The van der Waals surface area contributed by atoms with E-state index in [9.17, 15) is 8.78 Å². The molecular weight excluding hydrogens is 214 g/mol. The van der Waals surface area contributed by atoms with Crippen molar-refractivity contribution in [2.75, 3.05) is 0 Å². The summed E-state index contributed by atoms with van der Waals surface area (Å²) in [5.41, 5.74) is 1.44. The molecule has 0 atom stereocenters. The first-order valence-electron chi connectivity index (χ1n) is 5.27. The first kappa shape index (κ1) is 11.2. The Morgan fingerprint density at radius 3 is 2.44 bits per heavy atom. The van der Waals surface area contributed by atoms with Gasteiger partial charge in [-0.25, -0.2) is 0 Å². The zero-order valence-electron chi connectivity index (χ0n) is 9.51. The molecule has 0 spiro atoms. The molecule has 4 heteroatoms. The van der Waals surface area contributed by atoms with Gasteiger partial charge in [0.05, 0.1) is 0 Å². The van der Waals surface area contributed by atoms with Crippen LogP contribution in [0.2, 0.25) is 0 Å². The number of aryl methyl sites for hydroxylation is 1. The molecular formula is C12H14F2O2. The number of ether oxygens (including phenoxy) is 2. The summed E-state index contributed by atoms with van der Waals surface area (Å²) in [6.07, 6.45) is -2.83. The lowest BCUT2D eigenvalue weighted by atomic mass is 10.0. The van der Waals surface area contributed by atoms with Crippen LogP contribution in [0.1, 0.15) is 25.0 Å². The summed E-state index contributed by atoms with van der Waals surface area (Å²) in [7, 11) is 0. The third-order valence-electron chi connectivity index (χ3n) is 2.46. The predicted octanol–water partition coefficient (Wildman–Crippen LogP) is 3.52. The van der Waals surface area contributed by atoms with Crippen molar-refractivity contribution in [1.29, 1.82) is 0 Å². The van der Waals surface area contributed by atoms with Crippen molar-refractivity contribution in [1.82, 2.24) is 0 Å². The number of benzene rings is 1. The van der Waals surface area contributed by atoms with E-state index in [0.717, 1.165) is 5.56 Å². The van der Waals surface area contributed by atoms with Crippen molar-refractivity contribution in [3.8, 4) is 11.5 Å². The molecule has 0 radical (unpaired) electrons. The molecule has 0 N–H and O–H groups in total. The van der Waals surface area contributed by atoms with Crippen LogP contribution in [0.25, 0.3) is 0 Å². The van der Waals surface area contributed by atoms with E-state index in [1.54, 1.807) is 13.0 Å². The highest BCUT2D eigenvalue weighted by Crippen LogP contribution is 2.45. The molecule has 0 bridgehead atoms. The molecule has 1 aromatic carbocycles. The van der Waals surface area contributed by atoms with Gasteiger partial charge in [-0.3, -0.25) is 0 Å². The highest BCUT2D eigenvalue weighted by atomic mass is 19.3. The Morgan fingerprint density at radius 1 is 1.19 bits per heavy atom. The summed E-state index contributed by atoms with van der Waals surface area (Å²) in [6.45, 7) is 5.78. The molecule has 16 heavy (non-hydrogen) atoms. The lowest BCUT2D eigenvalue weighted by Gasteiger charge is -2.09. The topological polar surface area (TPSA) is 18.5 Å². The molecule has 1 aliphatic heterocycles. The van der Waals surface area contributed by atoms with Crippen LogP contribution in [0.5, 0.6) is 11.5 Å². The average molecular weight is 228 g/mol. The van der Waals surface area contributed by atoms with Gasteiger partial charge in [-0.1, -0.05) is 26.0 Å². The van der Waals surface area contributed by atoms with Crippen LogP contribution < -0.4 is 9.47 Å². The molecule has 0 fully saturated rings. The number of hydrogen-bond acceptors (Lipinski definition) is 2. The van der Waals surface area contributed by atoms with Crippen molar-refractivity contribution in [3.63, 3.8) is 0 Å². The molecule has 0 aromatic heterocycles. The first-order chi connectivity index (χ1) is 7.39.